The third kappa shape index (κ3) is 6.08. The molecule has 0 aliphatic carbocycles. The molecule has 3 aromatic rings. The van der Waals surface area contributed by atoms with Crippen LogP contribution in [0.25, 0.3) is 0 Å². The third-order valence-electron chi connectivity index (χ3n) is 3.66. The van der Waals surface area contributed by atoms with E-state index < -0.39 is 0 Å². The third-order valence-corrected chi connectivity index (χ3v) is 4.62. The number of nitrogens with zero attached hydrogens (tertiary/aromatic N) is 1. The van der Waals surface area contributed by atoms with Crippen molar-refractivity contribution in [3.63, 3.8) is 0 Å². The summed E-state index contributed by atoms with van der Waals surface area (Å²) < 4.78 is 6.81. The molecular weight excluding hydrogens is 475 g/mol. The van der Waals surface area contributed by atoms with E-state index in [1.807, 2.05) is 60.7 Å². The van der Waals surface area contributed by atoms with Gasteiger partial charge in [-0.3, -0.25) is 4.79 Å². The first-order valence-corrected chi connectivity index (χ1v) is 9.62. The molecule has 0 radical (unpaired) electrons. The van der Waals surface area contributed by atoms with Crippen LogP contribution in [-0.2, 0) is 6.61 Å². The number of carbonyl (C=O) groups is 1. The van der Waals surface area contributed by atoms with Crippen molar-refractivity contribution in [3.8, 4) is 5.75 Å². The standard InChI is InChI=1S/C21H16ClIN2O2/c22-18-3-1-2-16(12-18)14-27-20-10-4-15(5-11-20)13-24-25-21(26)17-6-8-19(23)9-7-17/h1-13H,14H2,(H,25,26)/b24-13-. The van der Waals surface area contributed by atoms with Crippen molar-refractivity contribution in [2.75, 3.05) is 0 Å². The summed E-state index contributed by atoms with van der Waals surface area (Å²) in [5.74, 6) is 0.499. The summed E-state index contributed by atoms with van der Waals surface area (Å²) in [5.41, 5.74) is 4.95. The first-order valence-electron chi connectivity index (χ1n) is 8.16. The van der Waals surface area contributed by atoms with Gasteiger partial charge in [0.05, 0.1) is 6.21 Å². The lowest BCUT2D eigenvalue weighted by molar-refractivity contribution is 0.0955. The molecule has 0 bridgehead atoms. The Labute approximate surface area is 176 Å². The van der Waals surface area contributed by atoms with Crippen LogP contribution in [0.1, 0.15) is 21.5 Å². The average Bonchev–Trinajstić information content (AvgIpc) is 2.68. The lowest BCUT2D eigenvalue weighted by Gasteiger charge is -2.06. The first kappa shape index (κ1) is 19.4. The van der Waals surface area contributed by atoms with E-state index in [1.165, 1.54) is 0 Å². The van der Waals surface area contributed by atoms with Crippen LogP contribution in [0.15, 0.2) is 77.9 Å². The number of nitrogens with one attached hydrogen (secondary N) is 1. The van der Waals surface area contributed by atoms with Crippen molar-refractivity contribution >= 4 is 46.3 Å². The molecule has 3 rings (SSSR count). The molecule has 4 nitrogen and oxygen atoms in total. The van der Waals surface area contributed by atoms with E-state index in [2.05, 4.69) is 33.1 Å². The van der Waals surface area contributed by atoms with Crippen LogP contribution in [-0.4, -0.2) is 12.1 Å². The molecule has 0 aliphatic heterocycles. The number of hydrazone groups is 1. The van der Waals surface area contributed by atoms with Gasteiger partial charge in [-0.2, -0.15) is 5.10 Å². The van der Waals surface area contributed by atoms with Crippen molar-refractivity contribution in [2.24, 2.45) is 5.10 Å². The number of amides is 1. The second-order valence-electron chi connectivity index (χ2n) is 5.69. The molecule has 1 amide bonds. The molecule has 1 N–H and O–H groups in total. The van der Waals surface area contributed by atoms with Crippen molar-refractivity contribution in [1.82, 2.24) is 5.43 Å². The maximum Gasteiger partial charge on any atom is 0.271 e. The van der Waals surface area contributed by atoms with Crippen LogP contribution < -0.4 is 10.2 Å². The first-order chi connectivity index (χ1) is 13.1. The van der Waals surface area contributed by atoms with Crippen LogP contribution >= 0.6 is 34.2 Å². The smallest absolute Gasteiger partial charge is 0.271 e. The zero-order chi connectivity index (χ0) is 19.1. The zero-order valence-electron chi connectivity index (χ0n) is 14.2. The van der Waals surface area contributed by atoms with Gasteiger partial charge in [-0.15, -0.1) is 0 Å². The maximum atomic E-state index is 12.0. The fourth-order valence-corrected chi connectivity index (χ4v) is 2.85. The molecule has 0 atom stereocenters. The summed E-state index contributed by atoms with van der Waals surface area (Å²) in [7, 11) is 0. The largest absolute Gasteiger partial charge is 0.489 e. The van der Waals surface area contributed by atoms with E-state index in [1.54, 1.807) is 18.3 Å². The number of rotatable bonds is 6. The number of hydrogen-bond donors (Lipinski definition) is 1. The Morgan fingerprint density at radius 3 is 2.52 bits per heavy atom. The van der Waals surface area contributed by atoms with E-state index in [-0.39, 0.29) is 5.91 Å². The fourth-order valence-electron chi connectivity index (χ4n) is 2.27. The van der Waals surface area contributed by atoms with Crippen LogP contribution in [0.5, 0.6) is 5.75 Å². The quantitative estimate of drug-likeness (QED) is 0.290. The Morgan fingerprint density at radius 1 is 1.07 bits per heavy atom. The SMILES string of the molecule is O=C(N/N=C\c1ccc(OCc2cccc(Cl)c2)cc1)c1ccc(I)cc1. The highest BCUT2D eigenvalue weighted by Crippen LogP contribution is 2.16. The Hall–Kier alpha value is -2.38. The maximum absolute atomic E-state index is 12.0. The number of benzene rings is 3. The number of hydrogen-bond acceptors (Lipinski definition) is 3. The molecule has 0 saturated heterocycles. The van der Waals surface area contributed by atoms with Gasteiger partial charge in [0.1, 0.15) is 12.4 Å². The van der Waals surface area contributed by atoms with Crippen LogP contribution in [0.4, 0.5) is 0 Å². The van der Waals surface area contributed by atoms with Crippen molar-refractivity contribution in [1.29, 1.82) is 0 Å². The van der Waals surface area contributed by atoms with E-state index in [4.69, 9.17) is 16.3 Å². The second-order valence-corrected chi connectivity index (χ2v) is 7.38. The summed E-state index contributed by atoms with van der Waals surface area (Å²) in [5, 5.41) is 4.68. The number of halogens is 2. The van der Waals surface area contributed by atoms with Gasteiger partial charge in [-0.1, -0.05) is 23.7 Å². The molecule has 27 heavy (non-hydrogen) atoms. The van der Waals surface area contributed by atoms with Gasteiger partial charge in [0.15, 0.2) is 0 Å². The molecule has 0 spiro atoms. The van der Waals surface area contributed by atoms with Crippen molar-refractivity contribution < 1.29 is 9.53 Å². The Morgan fingerprint density at radius 2 is 1.81 bits per heavy atom. The Bertz CT molecular complexity index is 941. The van der Waals surface area contributed by atoms with Gasteiger partial charge in [-0.25, -0.2) is 5.43 Å². The molecule has 136 valence electrons. The summed E-state index contributed by atoms with van der Waals surface area (Å²) in [6.07, 6.45) is 1.59. The fraction of sp³-hybridized carbons (Fsp3) is 0.0476. The Kier molecular flexibility index (Phi) is 6.84. The Balaban J connectivity index is 1.51. The second kappa shape index (κ2) is 9.53. The number of carbonyl (C=O) groups excluding carboxylic acids is 1. The molecule has 0 fully saturated rings. The molecule has 0 heterocycles. The average molecular weight is 491 g/mol. The van der Waals surface area contributed by atoms with E-state index in [0.29, 0.717) is 17.2 Å². The van der Waals surface area contributed by atoms with Crippen LogP contribution in [0.3, 0.4) is 0 Å². The minimum atomic E-state index is -0.246. The van der Waals surface area contributed by atoms with E-state index in [0.717, 1.165) is 20.4 Å². The van der Waals surface area contributed by atoms with Gasteiger partial charge in [-0.05, 0) is 94.4 Å². The minimum Gasteiger partial charge on any atom is -0.489 e. The topological polar surface area (TPSA) is 50.7 Å². The highest BCUT2D eigenvalue weighted by Gasteiger charge is 2.03. The van der Waals surface area contributed by atoms with Gasteiger partial charge >= 0.3 is 0 Å². The van der Waals surface area contributed by atoms with Gasteiger partial charge in [0.25, 0.3) is 5.91 Å². The van der Waals surface area contributed by atoms with E-state index in [9.17, 15) is 4.79 Å². The molecule has 6 heteroatoms. The zero-order valence-corrected chi connectivity index (χ0v) is 17.1. The summed E-state index contributed by atoms with van der Waals surface area (Å²) in [4.78, 5) is 12.0. The molecule has 0 unspecified atom stereocenters. The summed E-state index contributed by atoms with van der Waals surface area (Å²) in [6.45, 7) is 0.445. The molecule has 3 aromatic carbocycles. The van der Waals surface area contributed by atoms with E-state index >= 15 is 0 Å². The highest BCUT2D eigenvalue weighted by molar-refractivity contribution is 14.1. The normalized spacial score (nSPS) is 10.7. The highest BCUT2D eigenvalue weighted by atomic mass is 127. The summed E-state index contributed by atoms with van der Waals surface area (Å²) >= 11 is 8.16. The van der Waals surface area contributed by atoms with Crippen molar-refractivity contribution in [2.45, 2.75) is 6.61 Å². The van der Waals surface area contributed by atoms with Gasteiger partial charge in [0.2, 0.25) is 0 Å². The lowest BCUT2D eigenvalue weighted by Crippen LogP contribution is -2.17. The van der Waals surface area contributed by atoms with Gasteiger partial charge in [0, 0.05) is 14.2 Å². The monoisotopic (exact) mass is 490 g/mol. The van der Waals surface area contributed by atoms with Crippen LogP contribution in [0, 0.1) is 3.57 Å². The number of ether oxygens (including phenoxy) is 1. The predicted molar refractivity (Wildman–Crippen MR) is 116 cm³/mol. The van der Waals surface area contributed by atoms with Crippen LogP contribution in [0.2, 0.25) is 5.02 Å². The lowest BCUT2D eigenvalue weighted by atomic mass is 10.2. The van der Waals surface area contributed by atoms with Gasteiger partial charge < -0.3 is 4.74 Å². The van der Waals surface area contributed by atoms with Crippen molar-refractivity contribution in [3.05, 3.63) is 98.1 Å². The molecular formula is C21H16ClIN2O2. The minimum absolute atomic E-state index is 0.246. The molecule has 0 saturated carbocycles. The summed E-state index contributed by atoms with van der Waals surface area (Å²) in [6, 6.07) is 22.3. The molecule has 0 aliphatic rings. The predicted octanol–water partition coefficient (Wildman–Crippen LogP) is 5.29. The molecule has 0 aromatic heterocycles.